The van der Waals surface area contributed by atoms with Crippen molar-refractivity contribution >= 4 is 82.0 Å². The summed E-state index contributed by atoms with van der Waals surface area (Å²) in [5, 5.41) is 16.7. The van der Waals surface area contributed by atoms with Crippen LogP contribution in [0, 0.1) is 16.9 Å². The number of rotatable bonds is 7. The van der Waals surface area contributed by atoms with Crippen LogP contribution < -0.4 is 0 Å². The van der Waals surface area contributed by atoms with Crippen molar-refractivity contribution in [2.75, 3.05) is 0 Å². The second kappa shape index (κ2) is 13.1. The molecule has 0 saturated heterocycles. The van der Waals surface area contributed by atoms with Gasteiger partial charge in [-0.05, 0) is 25.7 Å². The number of benzene rings is 3. The number of aliphatic hydroxyl groups excluding tert-OH is 1. The molecule has 0 atom stereocenters. The predicted molar refractivity (Wildman–Crippen MR) is 179 cm³/mol. The van der Waals surface area contributed by atoms with Crippen LogP contribution in [0.1, 0.15) is 67.2 Å². The van der Waals surface area contributed by atoms with E-state index in [9.17, 15) is 9.90 Å². The molecule has 3 heterocycles. The monoisotopic (exact) mass is 821 g/mol. The molecule has 0 saturated carbocycles. The fraction of sp³-hybridized carbons (Fsp3) is 0.333. The van der Waals surface area contributed by atoms with Gasteiger partial charge < -0.3 is 5.11 Å². The molecule has 3 aromatic heterocycles. The SMILES string of the molecule is CCC(C)(CC)C(=O)/C=C(\O)C(C)(CC)CC.[Ir].[c-]1cc2ccccc2c2[se]c3cccc4sc5ccnc(c12)c5c43. The summed E-state index contributed by atoms with van der Waals surface area (Å²) in [6, 6.07) is 23.2. The van der Waals surface area contributed by atoms with Crippen molar-refractivity contribution in [3.63, 3.8) is 0 Å². The van der Waals surface area contributed by atoms with Crippen LogP contribution in [0.25, 0.3) is 50.4 Å². The number of pyridine rings is 1. The van der Waals surface area contributed by atoms with Crippen molar-refractivity contribution in [1.29, 1.82) is 0 Å². The Morgan fingerprint density at radius 1 is 0.929 bits per heavy atom. The summed E-state index contributed by atoms with van der Waals surface area (Å²) in [7, 11) is 0. The molecule has 0 spiro atoms. The van der Waals surface area contributed by atoms with Crippen LogP contribution >= 0.6 is 11.3 Å². The Kier molecular flexibility index (Phi) is 10.2. The van der Waals surface area contributed by atoms with Gasteiger partial charge in [0, 0.05) is 37.0 Å². The molecule has 3 aromatic carbocycles. The molecule has 0 bridgehead atoms. The van der Waals surface area contributed by atoms with Crippen LogP contribution in [0.15, 0.2) is 72.6 Å². The first kappa shape index (κ1) is 32.6. The van der Waals surface area contributed by atoms with E-state index < -0.39 is 0 Å². The van der Waals surface area contributed by atoms with E-state index in [2.05, 4.69) is 60.7 Å². The minimum absolute atomic E-state index is 0. The molecule has 0 aliphatic carbocycles. The van der Waals surface area contributed by atoms with E-state index in [4.69, 9.17) is 4.98 Å². The van der Waals surface area contributed by atoms with Crippen molar-refractivity contribution in [3.8, 4) is 0 Å². The molecule has 0 amide bonds. The number of nitrogens with zero attached hydrogens (tertiary/aromatic N) is 1. The Bertz CT molecular complexity index is 1910. The zero-order valence-electron chi connectivity index (χ0n) is 25.1. The second-order valence-electron chi connectivity index (χ2n) is 11.4. The van der Waals surface area contributed by atoms with Crippen LogP contribution in [-0.4, -0.2) is 30.4 Å². The Labute approximate surface area is 272 Å². The Balaban J connectivity index is 0.000000203. The van der Waals surface area contributed by atoms with Crippen molar-refractivity contribution in [2.45, 2.75) is 67.2 Å². The maximum absolute atomic E-state index is 12.2. The van der Waals surface area contributed by atoms with Gasteiger partial charge in [-0.3, -0.25) is 4.79 Å². The molecule has 1 N–H and O–H groups in total. The number of aliphatic hydroxyl groups is 1. The normalized spacial score (nSPS) is 12.6. The van der Waals surface area contributed by atoms with E-state index in [1.54, 1.807) is 0 Å². The fourth-order valence-electron chi connectivity index (χ4n) is 5.26. The molecular formula is C36H38IrNO2SSe-. The topological polar surface area (TPSA) is 50.2 Å². The number of ketones is 1. The van der Waals surface area contributed by atoms with Gasteiger partial charge in [0.1, 0.15) is 5.76 Å². The average Bonchev–Trinajstić information content (AvgIpc) is 3.32. The van der Waals surface area contributed by atoms with Crippen LogP contribution in [-0.2, 0) is 24.9 Å². The van der Waals surface area contributed by atoms with E-state index in [1.807, 2.05) is 59.1 Å². The third kappa shape index (κ3) is 5.77. The molecule has 6 aromatic rings. The summed E-state index contributed by atoms with van der Waals surface area (Å²) < 4.78 is 5.57. The fourth-order valence-corrected chi connectivity index (χ4v) is 9.12. The van der Waals surface area contributed by atoms with E-state index >= 15 is 0 Å². The van der Waals surface area contributed by atoms with Gasteiger partial charge >= 0.3 is 148 Å². The Morgan fingerprint density at radius 2 is 1.60 bits per heavy atom. The minimum atomic E-state index is -0.337. The molecular weight excluding hydrogens is 782 g/mol. The number of aromatic nitrogens is 1. The number of carbonyl (C=O) groups is 1. The van der Waals surface area contributed by atoms with Gasteiger partial charge in [0.15, 0.2) is 5.78 Å². The quantitative estimate of drug-likeness (QED) is 0.0756. The molecule has 0 unspecified atom stereocenters. The van der Waals surface area contributed by atoms with Gasteiger partial charge in [-0.1, -0.05) is 41.5 Å². The summed E-state index contributed by atoms with van der Waals surface area (Å²) in [5.41, 5.74) is 0.500. The summed E-state index contributed by atoms with van der Waals surface area (Å²) in [5.74, 6) is 0.286. The number of carbonyl (C=O) groups excluding carboxylic acids is 1. The number of thiophene rings is 1. The van der Waals surface area contributed by atoms with Crippen LogP contribution in [0.3, 0.4) is 0 Å². The molecule has 1 radical (unpaired) electrons. The molecule has 0 aliphatic rings. The van der Waals surface area contributed by atoms with Crippen molar-refractivity contribution in [3.05, 3.63) is 78.7 Å². The molecule has 3 nitrogen and oxygen atoms in total. The second-order valence-corrected chi connectivity index (χ2v) is 14.7. The maximum atomic E-state index is 12.2. The number of hydrogen-bond donors (Lipinski definition) is 1. The first-order valence-corrected chi connectivity index (χ1v) is 17.1. The summed E-state index contributed by atoms with van der Waals surface area (Å²) in [6.45, 7) is 12.1. The summed E-state index contributed by atoms with van der Waals surface area (Å²) >= 11 is 2.12. The van der Waals surface area contributed by atoms with Gasteiger partial charge in [-0.25, -0.2) is 0 Å². The molecule has 42 heavy (non-hydrogen) atoms. The van der Waals surface area contributed by atoms with Gasteiger partial charge in [0.05, 0.1) is 0 Å². The van der Waals surface area contributed by atoms with Crippen LogP contribution in [0.2, 0.25) is 0 Å². The van der Waals surface area contributed by atoms with E-state index in [0.717, 1.165) is 31.2 Å². The van der Waals surface area contributed by atoms with Gasteiger partial charge in [-0.2, -0.15) is 0 Å². The van der Waals surface area contributed by atoms with E-state index in [1.165, 1.54) is 50.9 Å². The van der Waals surface area contributed by atoms with Crippen LogP contribution in [0.4, 0.5) is 0 Å². The number of fused-ring (bicyclic) bond motifs is 4. The molecule has 6 heteroatoms. The molecule has 0 fully saturated rings. The Hall–Kier alpha value is -2.33. The van der Waals surface area contributed by atoms with Crippen LogP contribution in [0.5, 0.6) is 0 Å². The summed E-state index contributed by atoms with van der Waals surface area (Å²) in [6.07, 6.45) is 6.70. The van der Waals surface area contributed by atoms with E-state index in [0.29, 0.717) is 0 Å². The average molecular weight is 820 g/mol. The van der Waals surface area contributed by atoms with Crippen molar-refractivity contribution in [1.82, 2.24) is 4.98 Å². The molecule has 0 aliphatic heterocycles. The first-order chi connectivity index (χ1) is 19.7. The molecule has 6 rings (SSSR count). The third-order valence-corrected chi connectivity index (χ3v) is 12.8. The molecule has 221 valence electrons. The zero-order valence-corrected chi connectivity index (χ0v) is 30.1. The number of hydrogen-bond acceptors (Lipinski definition) is 4. The van der Waals surface area contributed by atoms with E-state index in [-0.39, 0.29) is 57.0 Å². The summed E-state index contributed by atoms with van der Waals surface area (Å²) in [4.78, 5) is 17.0. The van der Waals surface area contributed by atoms with Gasteiger partial charge in [0.25, 0.3) is 0 Å². The third-order valence-electron chi connectivity index (χ3n) is 9.23. The van der Waals surface area contributed by atoms with Gasteiger partial charge in [-0.15, -0.1) is 0 Å². The zero-order chi connectivity index (χ0) is 29.4. The first-order valence-electron chi connectivity index (χ1n) is 14.6. The Morgan fingerprint density at radius 3 is 2.29 bits per heavy atom. The van der Waals surface area contributed by atoms with Crippen molar-refractivity contribution in [2.24, 2.45) is 10.8 Å². The van der Waals surface area contributed by atoms with Crippen molar-refractivity contribution < 1.29 is 30.0 Å². The standard InChI is InChI=1S/C21H10NSSe.C15H28O2.Ir/c1-2-5-13-12(4-1)8-9-14-20-19-16(10-11-22-20)23-15-6-3-7-17(18(15)19)24-21(13)14;1-7-14(5,8-2)12(16)11-13(17)15(6,9-3)10-4;/h1-8,10-11H;11,16H,7-10H2,1-6H3;/q-1;;/b;12-11-;. The number of allylic oxidation sites excluding steroid dienone is 2. The predicted octanol–water partition coefficient (Wildman–Crippen LogP) is 10.4. The van der Waals surface area contributed by atoms with Gasteiger partial charge in [0.2, 0.25) is 0 Å².